The summed E-state index contributed by atoms with van der Waals surface area (Å²) in [5.74, 6) is -1.35. The Hall–Kier alpha value is -0.850. The van der Waals surface area contributed by atoms with E-state index in [0.717, 1.165) is 25.0 Å². The van der Waals surface area contributed by atoms with Crippen molar-refractivity contribution in [2.75, 3.05) is 13.6 Å². The summed E-state index contributed by atoms with van der Waals surface area (Å²) < 4.78 is 36.7. The molecule has 2 rings (SSSR count). The van der Waals surface area contributed by atoms with Crippen molar-refractivity contribution >= 4 is 37.2 Å². The van der Waals surface area contributed by atoms with Gasteiger partial charge in [-0.1, -0.05) is 11.6 Å². The van der Waals surface area contributed by atoms with Crippen molar-refractivity contribution in [3.05, 3.63) is 28.5 Å². The van der Waals surface area contributed by atoms with Crippen molar-refractivity contribution in [1.29, 1.82) is 0 Å². The minimum absolute atomic E-state index is 0.0613. The fourth-order valence-corrected chi connectivity index (χ4v) is 3.09. The minimum atomic E-state index is -4.31. The second-order valence-electron chi connectivity index (χ2n) is 4.83. The molecule has 0 saturated heterocycles. The van der Waals surface area contributed by atoms with E-state index in [1.807, 2.05) is 0 Å². The molecule has 0 heterocycles. The van der Waals surface area contributed by atoms with E-state index in [1.54, 1.807) is 0 Å². The van der Waals surface area contributed by atoms with E-state index in [9.17, 15) is 17.6 Å². The topological polar surface area (TPSA) is 54.5 Å². The molecule has 20 heavy (non-hydrogen) atoms. The maximum Gasteiger partial charge on any atom is 0.264 e. The third kappa shape index (κ3) is 3.42. The Labute approximate surface area is 125 Å². The average molecular weight is 340 g/mol. The Bertz CT molecular complexity index is 659. The molecule has 0 atom stereocenters. The molecule has 110 valence electrons. The monoisotopic (exact) mass is 339 g/mol. The first-order valence-electron chi connectivity index (χ1n) is 5.89. The normalized spacial score (nSPS) is 15.2. The van der Waals surface area contributed by atoms with Crippen molar-refractivity contribution in [3.63, 3.8) is 0 Å². The number of benzene rings is 1. The summed E-state index contributed by atoms with van der Waals surface area (Å²) >= 11 is 5.73. The highest BCUT2D eigenvalue weighted by Gasteiger charge is 2.29. The van der Waals surface area contributed by atoms with Crippen LogP contribution in [0.3, 0.4) is 0 Å². The van der Waals surface area contributed by atoms with Gasteiger partial charge in [-0.15, -0.1) is 0 Å². The van der Waals surface area contributed by atoms with E-state index in [0.29, 0.717) is 12.5 Å². The number of rotatable bonds is 4. The molecule has 0 unspecified atom stereocenters. The molecule has 1 aliphatic rings. The van der Waals surface area contributed by atoms with E-state index >= 15 is 0 Å². The predicted molar refractivity (Wildman–Crippen MR) is 74.1 cm³/mol. The van der Waals surface area contributed by atoms with Crippen LogP contribution >= 0.6 is 22.3 Å². The molecule has 0 aromatic heterocycles. The summed E-state index contributed by atoms with van der Waals surface area (Å²) in [5, 5.41) is -0.0613. The van der Waals surface area contributed by atoms with Crippen LogP contribution < -0.4 is 0 Å². The zero-order valence-corrected chi connectivity index (χ0v) is 12.9. The van der Waals surface area contributed by atoms with E-state index in [-0.39, 0.29) is 10.6 Å². The standard InChI is InChI=1S/C12H12Cl2FNO3S/c1-16(6-7-2-3-7)12(17)9-4-8(13)5-10(11(9)15)20(14,18)19/h4-5,7H,2-3,6H2,1H3. The summed E-state index contributed by atoms with van der Waals surface area (Å²) in [6, 6.07) is 1.99. The highest BCUT2D eigenvalue weighted by molar-refractivity contribution is 8.13. The minimum Gasteiger partial charge on any atom is -0.341 e. The van der Waals surface area contributed by atoms with Crippen LogP contribution in [-0.4, -0.2) is 32.8 Å². The Kier molecular flexibility index (Phi) is 4.27. The average Bonchev–Trinajstić information content (AvgIpc) is 3.13. The van der Waals surface area contributed by atoms with Crippen LogP contribution in [0.5, 0.6) is 0 Å². The summed E-state index contributed by atoms with van der Waals surface area (Å²) in [4.78, 5) is 12.7. The van der Waals surface area contributed by atoms with Gasteiger partial charge in [0.15, 0.2) is 5.82 Å². The van der Waals surface area contributed by atoms with Gasteiger partial charge in [-0.05, 0) is 30.9 Å². The van der Waals surface area contributed by atoms with Crippen LogP contribution in [0.1, 0.15) is 23.2 Å². The van der Waals surface area contributed by atoms with Gasteiger partial charge in [0.25, 0.3) is 15.0 Å². The number of hydrogen-bond donors (Lipinski definition) is 0. The lowest BCUT2D eigenvalue weighted by Crippen LogP contribution is -2.29. The van der Waals surface area contributed by atoms with Gasteiger partial charge in [0.2, 0.25) is 0 Å². The lowest BCUT2D eigenvalue weighted by atomic mass is 10.2. The molecule has 0 N–H and O–H groups in total. The van der Waals surface area contributed by atoms with Crippen LogP contribution in [0, 0.1) is 11.7 Å². The maximum absolute atomic E-state index is 14.1. The predicted octanol–water partition coefficient (Wildman–Crippen LogP) is 2.89. The second kappa shape index (κ2) is 5.50. The molecule has 1 aliphatic carbocycles. The molecule has 1 aromatic carbocycles. The molecule has 0 aliphatic heterocycles. The van der Waals surface area contributed by atoms with Crippen molar-refractivity contribution in [1.82, 2.24) is 4.90 Å². The molecule has 0 spiro atoms. The highest BCUT2D eigenvalue weighted by Crippen LogP contribution is 2.31. The molecule has 1 amide bonds. The van der Waals surface area contributed by atoms with Gasteiger partial charge in [0.1, 0.15) is 4.90 Å². The molecular weight excluding hydrogens is 328 g/mol. The molecular formula is C12H12Cl2FNO3S. The van der Waals surface area contributed by atoms with E-state index < -0.39 is 25.7 Å². The van der Waals surface area contributed by atoms with Gasteiger partial charge < -0.3 is 4.90 Å². The summed E-state index contributed by atoms with van der Waals surface area (Å²) in [6.45, 7) is 0.508. The van der Waals surface area contributed by atoms with Crippen molar-refractivity contribution in [2.45, 2.75) is 17.7 Å². The summed E-state index contributed by atoms with van der Waals surface area (Å²) in [7, 11) is 2.37. The number of halogens is 3. The van der Waals surface area contributed by atoms with Gasteiger partial charge in [0.05, 0.1) is 5.56 Å². The fraction of sp³-hybridized carbons (Fsp3) is 0.417. The first-order chi connectivity index (χ1) is 9.20. The lowest BCUT2D eigenvalue weighted by Gasteiger charge is -2.18. The van der Waals surface area contributed by atoms with Gasteiger partial charge in [-0.2, -0.15) is 0 Å². The largest absolute Gasteiger partial charge is 0.341 e. The molecule has 4 nitrogen and oxygen atoms in total. The Morgan fingerprint density at radius 2 is 2.05 bits per heavy atom. The number of carbonyl (C=O) groups excluding carboxylic acids is 1. The third-order valence-corrected chi connectivity index (χ3v) is 4.61. The van der Waals surface area contributed by atoms with E-state index in [4.69, 9.17) is 22.3 Å². The highest BCUT2D eigenvalue weighted by atomic mass is 35.7. The van der Waals surface area contributed by atoms with Crippen molar-refractivity contribution < 1.29 is 17.6 Å². The number of nitrogens with zero attached hydrogens (tertiary/aromatic N) is 1. The molecule has 1 aromatic rings. The maximum atomic E-state index is 14.1. The SMILES string of the molecule is CN(CC1CC1)C(=O)c1cc(Cl)cc(S(=O)(=O)Cl)c1F. The van der Waals surface area contributed by atoms with Crippen LogP contribution in [0.2, 0.25) is 5.02 Å². The summed E-state index contributed by atoms with van der Waals surface area (Å²) in [6.07, 6.45) is 2.08. The molecule has 0 radical (unpaired) electrons. The van der Waals surface area contributed by atoms with E-state index in [2.05, 4.69) is 0 Å². The summed E-state index contributed by atoms with van der Waals surface area (Å²) in [5.41, 5.74) is -0.389. The first-order valence-corrected chi connectivity index (χ1v) is 8.58. The van der Waals surface area contributed by atoms with Gasteiger partial charge >= 0.3 is 0 Å². The molecule has 1 fully saturated rings. The third-order valence-electron chi connectivity index (χ3n) is 3.07. The molecule has 0 bridgehead atoms. The number of hydrogen-bond acceptors (Lipinski definition) is 3. The second-order valence-corrected chi connectivity index (χ2v) is 7.80. The molecule has 8 heteroatoms. The number of amides is 1. The zero-order chi connectivity index (χ0) is 15.1. The van der Waals surface area contributed by atoms with Crippen LogP contribution in [0.25, 0.3) is 0 Å². The molecule has 1 saturated carbocycles. The van der Waals surface area contributed by atoms with Crippen LogP contribution in [-0.2, 0) is 9.05 Å². The Morgan fingerprint density at radius 3 is 2.55 bits per heavy atom. The fourth-order valence-electron chi connectivity index (χ4n) is 1.87. The van der Waals surface area contributed by atoms with Gasteiger partial charge in [-0.3, -0.25) is 4.79 Å². The Balaban J connectivity index is 2.40. The first kappa shape index (κ1) is 15.5. The van der Waals surface area contributed by atoms with E-state index in [1.165, 1.54) is 11.9 Å². The van der Waals surface area contributed by atoms with Crippen molar-refractivity contribution in [3.8, 4) is 0 Å². The smallest absolute Gasteiger partial charge is 0.264 e. The number of carbonyl (C=O) groups is 1. The zero-order valence-electron chi connectivity index (χ0n) is 10.6. The van der Waals surface area contributed by atoms with Gasteiger partial charge in [-0.25, -0.2) is 12.8 Å². The Morgan fingerprint density at radius 1 is 1.45 bits per heavy atom. The van der Waals surface area contributed by atoms with Crippen LogP contribution in [0.15, 0.2) is 17.0 Å². The van der Waals surface area contributed by atoms with Crippen LogP contribution in [0.4, 0.5) is 4.39 Å². The quantitative estimate of drug-likeness (QED) is 0.792. The van der Waals surface area contributed by atoms with Crippen molar-refractivity contribution in [2.24, 2.45) is 5.92 Å². The van der Waals surface area contributed by atoms with Gasteiger partial charge in [0, 0.05) is 29.3 Å². The lowest BCUT2D eigenvalue weighted by molar-refractivity contribution is 0.0783.